The van der Waals surface area contributed by atoms with Gasteiger partial charge in [-0.05, 0) is 32.1 Å². The van der Waals surface area contributed by atoms with Crippen molar-refractivity contribution in [3.63, 3.8) is 0 Å². The lowest BCUT2D eigenvalue weighted by Crippen LogP contribution is -2.19. The van der Waals surface area contributed by atoms with Crippen LogP contribution in [-0.2, 0) is 6.54 Å². The molecule has 0 aromatic carbocycles. The van der Waals surface area contributed by atoms with E-state index in [1.807, 2.05) is 4.68 Å². The topological polar surface area (TPSA) is 29.9 Å². The van der Waals surface area contributed by atoms with E-state index < -0.39 is 0 Å². The molecule has 0 saturated heterocycles. The van der Waals surface area contributed by atoms with Crippen LogP contribution in [-0.4, -0.2) is 15.8 Å². The molecule has 0 radical (unpaired) electrons. The van der Waals surface area contributed by atoms with Crippen molar-refractivity contribution in [3.05, 3.63) is 12.3 Å². The summed E-state index contributed by atoms with van der Waals surface area (Å²) in [7, 11) is 0. The molecule has 1 N–H and O–H groups in total. The third-order valence-electron chi connectivity index (χ3n) is 4.10. The third-order valence-corrected chi connectivity index (χ3v) is 4.10. The van der Waals surface area contributed by atoms with Crippen molar-refractivity contribution in [2.75, 3.05) is 5.32 Å². The normalized spacial score (nSPS) is 24.8. The van der Waals surface area contributed by atoms with Gasteiger partial charge in [0.15, 0.2) is 0 Å². The first-order valence-corrected chi connectivity index (χ1v) is 7.61. The molecule has 1 aromatic rings. The lowest BCUT2D eigenvalue weighted by Gasteiger charge is -2.16. The summed E-state index contributed by atoms with van der Waals surface area (Å²) in [5, 5.41) is 8.12. The van der Waals surface area contributed by atoms with Crippen LogP contribution in [0.15, 0.2) is 12.3 Å². The molecule has 0 aliphatic heterocycles. The molecule has 18 heavy (non-hydrogen) atoms. The Morgan fingerprint density at radius 3 is 2.89 bits per heavy atom. The van der Waals surface area contributed by atoms with E-state index in [0.717, 1.165) is 18.3 Å². The fourth-order valence-electron chi connectivity index (χ4n) is 3.04. The Hall–Kier alpha value is -0.990. The molecule has 2 rings (SSSR count). The highest BCUT2D eigenvalue weighted by Gasteiger charge is 2.18. The fraction of sp³-hybridized carbons (Fsp3) is 0.800. The smallest absolute Gasteiger partial charge is 0.148 e. The second-order valence-corrected chi connectivity index (χ2v) is 5.56. The van der Waals surface area contributed by atoms with E-state index in [1.165, 1.54) is 44.9 Å². The van der Waals surface area contributed by atoms with E-state index in [0.29, 0.717) is 6.04 Å². The van der Waals surface area contributed by atoms with Crippen LogP contribution in [0.4, 0.5) is 5.82 Å². The van der Waals surface area contributed by atoms with Gasteiger partial charge in [0.2, 0.25) is 0 Å². The maximum atomic E-state index is 4.51. The Labute approximate surface area is 111 Å². The lowest BCUT2D eigenvalue weighted by molar-refractivity contribution is 0.422. The first-order valence-electron chi connectivity index (χ1n) is 7.61. The summed E-state index contributed by atoms with van der Waals surface area (Å²) in [6.07, 6.45) is 11.6. The molecule has 0 amide bonds. The zero-order valence-electron chi connectivity index (χ0n) is 11.9. The Morgan fingerprint density at radius 2 is 2.17 bits per heavy atom. The molecule has 1 aliphatic carbocycles. The number of hydrogen-bond acceptors (Lipinski definition) is 2. The molecule has 102 valence electrons. The van der Waals surface area contributed by atoms with Crippen LogP contribution in [0.1, 0.15) is 58.8 Å². The van der Waals surface area contributed by atoms with Crippen molar-refractivity contribution in [1.29, 1.82) is 0 Å². The van der Waals surface area contributed by atoms with Crippen molar-refractivity contribution in [2.45, 2.75) is 71.4 Å². The molecule has 1 aromatic heterocycles. The zero-order valence-corrected chi connectivity index (χ0v) is 11.9. The standard InChI is InChI=1S/C15H27N3/c1-3-6-13-7-5-8-14(10-9-13)16-15-11-12-18(4-2)17-15/h11-14H,3-10H2,1-2H3,(H,16,17). The van der Waals surface area contributed by atoms with Gasteiger partial charge in [0.25, 0.3) is 0 Å². The Balaban J connectivity index is 1.82. The average molecular weight is 249 g/mol. The van der Waals surface area contributed by atoms with E-state index in [-0.39, 0.29) is 0 Å². The van der Waals surface area contributed by atoms with Crippen LogP contribution in [0.5, 0.6) is 0 Å². The predicted octanol–water partition coefficient (Wildman–Crippen LogP) is 4.06. The molecule has 3 heteroatoms. The number of aryl methyl sites for hydroxylation is 1. The lowest BCUT2D eigenvalue weighted by atomic mass is 9.95. The minimum absolute atomic E-state index is 0.632. The zero-order chi connectivity index (χ0) is 12.8. The van der Waals surface area contributed by atoms with Crippen molar-refractivity contribution < 1.29 is 0 Å². The SMILES string of the molecule is CCCC1CCCC(Nc2ccn(CC)n2)CC1. The van der Waals surface area contributed by atoms with Crippen LogP contribution in [0.3, 0.4) is 0 Å². The van der Waals surface area contributed by atoms with Gasteiger partial charge in [-0.15, -0.1) is 0 Å². The summed E-state index contributed by atoms with van der Waals surface area (Å²) in [4.78, 5) is 0. The number of anilines is 1. The minimum Gasteiger partial charge on any atom is -0.366 e. The number of nitrogens with one attached hydrogen (secondary N) is 1. The Bertz CT molecular complexity index is 345. The van der Waals surface area contributed by atoms with Crippen molar-refractivity contribution in [1.82, 2.24) is 9.78 Å². The van der Waals surface area contributed by atoms with Gasteiger partial charge in [0.05, 0.1) is 0 Å². The van der Waals surface area contributed by atoms with Crippen LogP contribution in [0.2, 0.25) is 0 Å². The van der Waals surface area contributed by atoms with Crippen LogP contribution in [0.25, 0.3) is 0 Å². The molecule has 0 spiro atoms. The second kappa shape index (κ2) is 6.81. The van der Waals surface area contributed by atoms with Gasteiger partial charge in [-0.2, -0.15) is 5.10 Å². The summed E-state index contributed by atoms with van der Waals surface area (Å²) < 4.78 is 1.99. The molecule has 2 atom stereocenters. The molecular formula is C15H27N3. The van der Waals surface area contributed by atoms with Gasteiger partial charge in [-0.1, -0.05) is 32.6 Å². The van der Waals surface area contributed by atoms with Gasteiger partial charge in [-0.3, -0.25) is 4.68 Å². The molecule has 1 fully saturated rings. The number of nitrogens with zero attached hydrogens (tertiary/aromatic N) is 2. The van der Waals surface area contributed by atoms with Gasteiger partial charge in [0.1, 0.15) is 5.82 Å². The first kappa shape index (κ1) is 13.4. The highest BCUT2D eigenvalue weighted by atomic mass is 15.3. The van der Waals surface area contributed by atoms with Gasteiger partial charge in [-0.25, -0.2) is 0 Å². The molecule has 0 bridgehead atoms. The molecule has 1 saturated carbocycles. The van der Waals surface area contributed by atoms with E-state index >= 15 is 0 Å². The molecule has 1 aliphatic rings. The average Bonchev–Trinajstić information content (AvgIpc) is 2.71. The van der Waals surface area contributed by atoms with Crippen LogP contribution >= 0.6 is 0 Å². The third kappa shape index (κ3) is 3.76. The second-order valence-electron chi connectivity index (χ2n) is 5.56. The predicted molar refractivity (Wildman–Crippen MR) is 76.8 cm³/mol. The largest absolute Gasteiger partial charge is 0.366 e. The molecule has 3 nitrogen and oxygen atoms in total. The fourth-order valence-corrected chi connectivity index (χ4v) is 3.04. The molecule has 2 unspecified atom stereocenters. The summed E-state index contributed by atoms with van der Waals surface area (Å²) in [5.41, 5.74) is 0. The summed E-state index contributed by atoms with van der Waals surface area (Å²) in [6, 6.07) is 2.73. The van der Waals surface area contributed by atoms with E-state index in [1.54, 1.807) is 0 Å². The quantitative estimate of drug-likeness (QED) is 0.797. The van der Waals surface area contributed by atoms with E-state index in [9.17, 15) is 0 Å². The summed E-state index contributed by atoms with van der Waals surface area (Å²) in [5.74, 6) is 2.02. The molecule has 1 heterocycles. The van der Waals surface area contributed by atoms with Crippen LogP contribution in [0, 0.1) is 5.92 Å². The maximum absolute atomic E-state index is 4.51. The van der Waals surface area contributed by atoms with Crippen molar-refractivity contribution in [3.8, 4) is 0 Å². The monoisotopic (exact) mass is 249 g/mol. The Morgan fingerprint density at radius 1 is 1.28 bits per heavy atom. The minimum atomic E-state index is 0.632. The first-order chi connectivity index (χ1) is 8.81. The number of hydrogen-bond donors (Lipinski definition) is 1. The summed E-state index contributed by atoms with van der Waals surface area (Å²) >= 11 is 0. The van der Waals surface area contributed by atoms with Gasteiger partial charge in [0, 0.05) is 24.8 Å². The number of rotatable bonds is 5. The highest BCUT2D eigenvalue weighted by molar-refractivity contribution is 5.33. The number of aromatic nitrogens is 2. The Kier molecular flexibility index (Phi) is 5.09. The van der Waals surface area contributed by atoms with Crippen molar-refractivity contribution in [2.24, 2.45) is 5.92 Å². The van der Waals surface area contributed by atoms with Gasteiger partial charge >= 0.3 is 0 Å². The van der Waals surface area contributed by atoms with E-state index in [2.05, 4.69) is 36.5 Å². The maximum Gasteiger partial charge on any atom is 0.148 e. The summed E-state index contributed by atoms with van der Waals surface area (Å²) in [6.45, 7) is 5.38. The van der Waals surface area contributed by atoms with Crippen LogP contribution < -0.4 is 5.32 Å². The van der Waals surface area contributed by atoms with Gasteiger partial charge < -0.3 is 5.32 Å². The molecular weight excluding hydrogens is 222 g/mol. The van der Waals surface area contributed by atoms with Crippen molar-refractivity contribution >= 4 is 5.82 Å². The highest BCUT2D eigenvalue weighted by Crippen LogP contribution is 2.27. The van der Waals surface area contributed by atoms with E-state index in [4.69, 9.17) is 0 Å².